The summed E-state index contributed by atoms with van der Waals surface area (Å²) >= 11 is 0. The second kappa shape index (κ2) is 8.34. The van der Waals surface area contributed by atoms with Gasteiger partial charge in [0.25, 0.3) is 0 Å². The summed E-state index contributed by atoms with van der Waals surface area (Å²) in [4.78, 5) is 12.2. The summed E-state index contributed by atoms with van der Waals surface area (Å²) in [5, 5.41) is 16.6. The van der Waals surface area contributed by atoms with Crippen LogP contribution in [0.15, 0.2) is 65.9 Å². The van der Waals surface area contributed by atoms with Crippen LogP contribution in [0.3, 0.4) is 0 Å². The Labute approximate surface area is 152 Å². The molecule has 0 unspecified atom stereocenters. The van der Waals surface area contributed by atoms with E-state index in [-0.39, 0.29) is 5.91 Å². The number of para-hydroxylation sites is 1. The van der Waals surface area contributed by atoms with Crippen LogP contribution in [-0.2, 0) is 18.3 Å². The Kier molecular flexibility index (Phi) is 5.69. The Hall–Kier alpha value is -3.08. The minimum Gasteiger partial charge on any atom is -0.411 e. The molecule has 0 atom stereocenters. The van der Waals surface area contributed by atoms with E-state index in [1.165, 1.54) is 0 Å². The Morgan fingerprint density at radius 2 is 1.85 bits per heavy atom. The molecule has 5 heteroatoms. The largest absolute Gasteiger partial charge is 0.411 e. The molecule has 0 aliphatic carbocycles. The lowest BCUT2D eigenvalue weighted by Gasteiger charge is -2.06. The molecular formula is C21H23N3O2. The number of fused-ring (bicyclic) bond motifs is 1. The molecule has 0 aliphatic rings. The maximum atomic E-state index is 12.2. The molecule has 0 bridgehead atoms. The number of rotatable bonds is 7. The van der Waals surface area contributed by atoms with Crippen molar-refractivity contribution in [3.05, 3.63) is 71.9 Å². The average molecular weight is 349 g/mol. The number of nitrogens with one attached hydrogen (secondary N) is 1. The molecule has 0 radical (unpaired) electrons. The minimum atomic E-state index is 0.00329. The lowest BCUT2D eigenvalue weighted by atomic mass is 10.1. The van der Waals surface area contributed by atoms with Gasteiger partial charge in [-0.1, -0.05) is 53.7 Å². The fourth-order valence-electron chi connectivity index (χ4n) is 3.17. The fourth-order valence-corrected chi connectivity index (χ4v) is 3.17. The monoisotopic (exact) mass is 349 g/mol. The van der Waals surface area contributed by atoms with Gasteiger partial charge in [-0.2, -0.15) is 0 Å². The quantitative estimate of drug-likeness (QED) is 0.297. The molecule has 1 amide bonds. The van der Waals surface area contributed by atoms with Gasteiger partial charge in [0.05, 0.1) is 12.1 Å². The molecule has 2 aromatic carbocycles. The summed E-state index contributed by atoms with van der Waals surface area (Å²) in [5.41, 5.74) is 3.69. The average Bonchev–Trinajstić information content (AvgIpc) is 2.98. The second-order valence-corrected chi connectivity index (χ2v) is 6.33. The molecule has 3 rings (SSSR count). The zero-order valence-corrected chi connectivity index (χ0v) is 14.9. The standard InChI is InChI=1S/C21H23N3O2/c1-24-15-17(18-10-5-6-12-20(18)24)14-21(25)22-13-7-11-19(23-26)16-8-3-2-4-9-16/h2-6,8-10,12,15,26H,7,11,13-14H2,1H3,(H,22,25)/b23-19-. The van der Waals surface area contributed by atoms with Gasteiger partial charge in [-0.15, -0.1) is 0 Å². The number of hydrogen-bond donors (Lipinski definition) is 2. The first-order chi connectivity index (χ1) is 12.7. The van der Waals surface area contributed by atoms with Crippen molar-refractivity contribution in [2.75, 3.05) is 6.54 Å². The Bertz CT molecular complexity index is 913. The molecular weight excluding hydrogens is 326 g/mol. The third-order valence-electron chi connectivity index (χ3n) is 4.47. The fraction of sp³-hybridized carbons (Fsp3) is 0.238. The Morgan fingerprint density at radius 3 is 2.62 bits per heavy atom. The van der Waals surface area contributed by atoms with E-state index in [2.05, 4.69) is 16.5 Å². The minimum absolute atomic E-state index is 0.00329. The third kappa shape index (κ3) is 4.11. The zero-order valence-electron chi connectivity index (χ0n) is 14.9. The summed E-state index contributed by atoms with van der Waals surface area (Å²) in [7, 11) is 1.99. The number of carbonyl (C=O) groups excluding carboxylic acids is 1. The van der Waals surface area contributed by atoms with E-state index in [0.29, 0.717) is 25.1 Å². The lowest BCUT2D eigenvalue weighted by molar-refractivity contribution is -0.120. The van der Waals surface area contributed by atoms with Gasteiger partial charge in [0.15, 0.2) is 0 Å². The number of nitrogens with zero attached hydrogens (tertiary/aromatic N) is 2. The van der Waals surface area contributed by atoms with E-state index in [4.69, 9.17) is 0 Å². The van der Waals surface area contributed by atoms with Crippen molar-refractivity contribution in [2.24, 2.45) is 12.2 Å². The van der Waals surface area contributed by atoms with Crippen LogP contribution in [-0.4, -0.2) is 27.9 Å². The lowest BCUT2D eigenvalue weighted by Crippen LogP contribution is -2.26. The number of benzene rings is 2. The van der Waals surface area contributed by atoms with E-state index >= 15 is 0 Å². The highest BCUT2D eigenvalue weighted by molar-refractivity contribution is 6.00. The SMILES string of the molecule is Cn1cc(CC(=O)NCCC/C(=N/O)c2ccccc2)c2ccccc21. The number of aromatic nitrogens is 1. The Balaban J connectivity index is 1.50. The van der Waals surface area contributed by atoms with Crippen LogP contribution in [0.5, 0.6) is 0 Å². The van der Waals surface area contributed by atoms with Gasteiger partial charge in [-0.25, -0.2) is 0 Å². The van der Waals surface area contributed by atoms with Crippen LogP contribution in [0.25, 0.3) is 10.9 Å². The summed E-state index contributed by atoms with van der Waals surface area (Å²) in [6.45, 7) is 0.551. The van der Waals surface area contributed by atoms with Crippen molar-refractivity contribution in [1.29, 1.82) is 0 Å². The van der Waals surface area contributed by atoms with Gasteiger partial charge in [0.2, 0.25) is 5.91 Å². The van der Waals surface area contributed by atoms with E-state index < -0.39 is 0 Å². The molecule has 0 spiro atoms. The Morgan fingerprint density at radius 1 is 1.12 bits per heavy atom. The molecule has 26 heavy (non-hydrogen) atoms. The van der Waals surface area contributed by atoms with E-state index in [1.807, 2.05) is 66.3 Å². The van der Waals surface area contributed by atoms with Crippen molar-refractivity contribution in [2.45, 2.75) is 19.3 Å². The number of oxime groups is 1. The third-order valence-corrected chi connectivity index (χ3v) is 4.47. The zero-order chi connectivity index (χ0) is 18.4. The number of hydrogen-bond acceptors (Lipinski definition) is 3. The van der Waals surface area contributed by atoms with E-state index in [0.717, 1.165) is 28.5 Å². The molecule has 2 N–H and O–H groups in total. The van der Waals surface area contributed by atoms with Crippen LogP contribution >= 0.6 is 0 Å². The predicted octanol–water partition coefficient (Wildman–Crippen LogP) is 3.50. The van der Waals surface area contributed by atoms with Crippen LogP contribution in [0.1, 0.15) is 24.0 Å². The molecule has 1 aromatic heterocycles. The maximum Gasteiger partial charge on any atom is 0.224 e. The summed E-state index contributed by atoms with van der Waals surface area (Å²) in [5.74, 6) is 0.00329. The first-order valence-electron chi connectivity index (χ1n) is 8.75. The molecule has 0 fully saturated rings. The highest BCUT2D eigenvalue weighted by Gasteiger charge is 2.10. The summed E-state index contributed by atoms with van der Waals surface area (Å²) in [6.07, 6.45) is 3.70. The van der Waals surface area contributed by atoms with Gasteiger partial charge >= 0.3 is 0 Å². The van der Waals surface area contributed by atoms with Gasteiger partial charge in [-0.3, -0.25) is 4.79 Å². The molecule has 0 saturated heterocycles. The molecule has 0 aliphatic heterocycles. The van der Waals surface area contributed by atoms with Crippen LogP contribution < -0.4 is 5.32 Å². The van der Waals surface area contributed by atoms with Crippen molar-refractivity contribution in [1.82, 2.24) is 9.88 Å². The van der Waals surface area contributed by atoms with Crippen molar-refractivity contribution in [3.63, 3.8) is 0 Å². The molecule has 0 saturated carbocycles. The number of carbonyl (C=O) groups is 1. The summed E-state index contributed by atoms with van der Waals surface area (Å²) in [6, 6.07) is 17.6. The summed E-state index contributed by atoms with van der Waals surface area (Å²) < 4.78 is 2.04. The normalized spacial score (nSPS) is 11.7. The molecule has 1 heterocycles. The van der Waals surface area contributed by atoms with Crippen molar-refractivity contribution in [3.8, 4) is 0 Å². The molecule has 5 nitrogen and oxygen atoms in total. The molecule has 134 valence electrons. The van der Waals surface area contributed by atoms with Gasteiger partial charge in [0, 0.05) is 30.7 Å². The molecule has 3 aromatic rings. The topological polar surface area (TPSA) is 66.6 Å². The predicted molar refractivity (Wildman–Crippen MR) is 104 cm³/mol. The van der Waals surface area contributed by atoms with Crippen LogP contribution in [0.4, 0.5) is 0 Å². The van der Waals surface area contributed by atoms with E-state index in [1.54, 1.807) is 0 Å². The first-order valence-corrected chi connectivity index (χ1v) is 8.75. The van der Waals surface area contributed by atoms with E-state index in [9.17, 15) is 10.0 Å². The van der Waals surface area contributed by atoms with Crippen molar-refractivity contribution >= 4 is 22.5 Å². The van der Waals surface area contributed by atoms with Crippen LogP contribution in [0.2, 0.25) is 0 Å². The second-order valence-electron chi connectivity index (χ2n) is 6.33. The van der Waals surface area contributed by atoms with Gasteiger partial charge in [-0.05, 0) is 30.0 Å². The smallest absolute Gasteiger partial charge is 0.224 e. The number of amides is 1. The van der Waals surface area contributed by atoms with Gasteiger partial charge in [0.1, 0.15) is 0 Å². The number of aryl methyl sites for hydroxylation is 1. The van der Waals surface area contributed by atoms with Crippen LogP contribution in [0, 0.1) is 0 Å². The van der Waals surface area contributed by atoms with Gasteiger partial charge < -0.3 is 15.1 Å². The highest BCUT2D eigenvalue weighted by Crippen LogP contribution is 2.20. The first kappa shape index (κ1) is 17.7. The highest BCUT2D eigenvalue weighted by atomic mass is 16.4. The maximum absolute atomic E-state index is 12.2. The van der Waals surface area contributed by atoms with Crippen molar-refractivity contribution < 1.29 is 10.0 Å².